The smallest absolute Gasteiger partial charge is 0.157 e. The van der Waals surface area contributed by atoms with Gasteiger partial charge in [0.2, 0.25) is 0 Å². The fourth-order valence-corrected chi connectivity index (χ4v) is 2.19. The minimum absolute atomic E-state index is 0.372. The van der Waals surface area contributed by atoms with Gasteiger partial charge in [-0.15, -0.1) is 0 Å². The molecule has 0 amide bonds. The van der Waals surface area contributed by atoms with Gasteiger partial charge in [-0.05, 0) is 5.92 Å². The number of hydrogen-bond donors (Lipinski definition) is 1. The normalized spacial score (nSPS) is 23.8. The van der Waals surface area contributed by atoms with E-state index in [0.717, 1.165) is 18.3 Å². The molecule has 0 aromatic heterocycles. The third-order valence-electron chi connectivity index (χ3n) is 2.26. The van der Waals surface area contributed by atoms with Gasteiger partial charge >= 0.3 is 0 Å². The van der Waals surface area contributed by atoms with Crippen molar-refractivity contribution in [2.45, 2.75) is 32.1 Å². The van der Waals surface area contributed by atoms with Crippen LogP contribution in [-0.4, -0.2) is 36.7 Å². The average molecular weight is 216 g/mol. The van der Waals surface area contributed by atoms with E-state index in [9.17, 15) is 0 Å². The summed E-state index contributed by atoms with van der Waals surface area (Å²) in [4.78, 5) is 4.43. The van der Waals surface area contributed by atoms with E-state index in [4.69, 9.17) is 4.74 Å². The lowest BCUT2D eigenvalue weighted by molar-refractivity contribution is 0.156. The first kappa shape index (κ1) is 11.9. The van der Waals surface area contributed by atoms with Crippen molar-refractivity contribution in [2.75, 3.05) is 20.3 Å². The van der Waals surface area contributed by atoms with Gasteiger partial charge in [0.25, 0.3) is 0 Å². The molecule has 0 radical (unpaired) electrons. The van der Waals surface area contributed by atoms with E-state index in [1.807, 2.05) is 11.8 Å². The summed E-state index contributed by atoms with van der Waals surface area (Å²) in [7, 11) is 1.74. The van der Waals surface area contributed by atoms with Crippen LogP contribution in [0.5, 0.6) is 0 Å². The van der Waals surface area contributed by atoms with E-state index in [1.54, 1.807) is 7.11 Å². The van der Waals surface area contributed by atoms with E-state index in [2.05, 4.69) is 31.1 Å². The van der Waals surface area contributed by atoms with Gasteiger partial charge < -0.3 is 10.1 Å². The number of nitrogens with zero attached hydrogens (tertiary/aromatic N) is 1. The maximum Gasteiger partial charge on any atom is 0.157 e. The molecule has 1 N–H and O–H groups in total. The Balaban J connectivity index is 2.39. The van der Waals surface area contributed by atoms with Gasteiger partial charge in [0.05, 0.1) is 19.2 Å². The highest BCUT2D eigenvalue weighted by Gasteiger charge is 2.20. The number of thioether (sulfide) groups is 1. The number of aliphatic imine (C=N–C) groups is 1. The SMILES string of the molecule is COCC(NC1=NCC(C)S1)C(C)C. The monoisotopic (exact) mass is 216 g/mol. The van der Waals surface area contributed by atoms with Crippen molar-refractivity contribution in [3.8, 4) is 0 Å². The number of nitrogens with one attached hydrogen (secondary N) is 1. The van der Waals surface area contributed by atoms with Gasteiger partial charge in [-0.2, -0.15) is 0 Å². The molecule has 4 heteroatoms. The van der Waals surface area contributed by atoms with Crippen LogP contribution in [0.15, 0.2) is 4.99 Å². The first-order valence-electron chi connectivity index (χ1n) is 5.10. The molecule has 0 saturated carbocycles. The van der Waals surface area contributed by atoms with Crippen LogP contribution in [0.4, 0.5) is 0 Å². The third kappa shape index (κ3) is 3.50. The summed E-state index contributed by atoms with van der Waals surface area (Å²) in [6, 6.07) is 0.372. The molecule has 2 atom stereocenters. The molecule has 0 aromatic rings. The van der Waals surface area contributed by atoms with Crippen LogP contribution in [0.3, 0.4) is 0 Å². The van der Waals surface area contributed by atoms with Gasteiger partial charge in [-0.25, -0.2) is 0 Å². The molecule has 1 heterocycles. The molecule has 1 rings (SSSR count). The second-order valence-electron chi connectivity index (χ2n) is 4.02. The van der Waals surface area contributed by atoms with E-state index >= 15 is 0 Å². The maximum absolute atomic E-state index is 5.18. The summed E-state index contributed by atoms with van der Waals surface area (Å²) in [6.45, 7) is 8.26. The second-order valence-corrected chi connectivity index (χ2v) is 5.45. The maximum atomic E-state index is 5.18. The van der Waals surface area contributed by atoms with Gasteiger partial charge in [0.15, 0.2) is 5.17 Å². The minimum Gasteiger partial charge on any atom is -0.383 e. The van der Waals surface area contributed by atoms with Crippen LogP contribution in [0.2, 0.25) is 0 Å². The molecular weight excluding hydrogens is 196 g/mol. The quantitative estimate of drug-likeness (QED) is 0.777. The van der Waals surface area contributed by atoms with Gasteiger partial charge in [-0.3, -0.25) is 4.99 Å². The van der Waals surface area contributed by atoms with Crippen LogP contribution in [0.1, 0.15) is 20.8 Å². The van der Waals surface area contributed by atoms with Crippen molar-refractivity contribution < 1.29 is 4.74 Å². The Bertz CT molecular complexity index is 206. The van der Waals surface area contributed by atoms with Crippen LogP contribution >= 0.6 is 11.8 Å². The summed E-state index contributed by atoms with van der Waals surface area (Å²) in [5, 5.41) is 5.13. The van der Waals surface area contributed by atoms with E-state index < -0.39 is 0 Å². The zero-order chi connectivity index (χ0) is 10.6. The molecule has 0 saturated heterocycles. The highest BCUT2D eigenvalue weighted by Crippen LogP contribution is 2.19. The van der Waals surface area contributed by atoms with Gasteiger partial charge in [-0.1, -0.05) is 32.5 Å². The summed E-state index contributed by atoms with van der Waals surface area (Å²) in [5.74, 6) is 0.564. The zero-order valence-electron chi connectivity index (χ0n) is 9.41. The fourth-order valence-electron chi connectivity index (χ4n) is 1.30. The Hall–Kier alpha value is -0.220. The van der Waals surface area contributed by atoms with Crippen molar-refractivity contribution in [1.29, 1.82) is 0 Å². The topological polar surface area (TPSA) is 33.6 Å². The van der Waals surface area contributed by atoms with Crippen LogP contribution in [0.25, 0.3) is 0 Å². The molecule has 0 spiro atoms. The number of methoxy groups -OCH3 is 1. The van der Waals surface area contributed by atoms with E-state index in [0.29, 0.717) is 17.2 Å². The first-order chi connectivity index (χ1) is 6.63. The lowest BCUT2D eigenvalue weighted by atomic mass is 10.1. The molecule has 0 aliphatic carbocycles. The summed E-state index contributed by atoms with van der Waals surface area (Å²) >= 11 is 1.82. The second kappa shape index (κ2) is 5.61. The Morgan fingerprint density at radius 2 is 2.36 bits per heavy atom. The average Bonchev–Trinajstić information content (AvgIpc) is 2.50. The van der Waals surface area contributed by atoms with Crippen molar-refractivity contribution in [2.24, 2.45) is 10.9 Å². The Morgan fingerprint density at radius 1 is 1.64 bits per heavy atom. The molecule has 1 aliphatic heterocycles. The number of hydrogen-bond acceptors (Lipinski definition) is 4. The van der Waals surface area contributed by atoms with Crippen LogP contribution in [0, 0.1) is 5.92 Å². The zero-order valence-corrected chi connectivity index (χ0v) is 10.2. The van der Waals surface area contributed by atoms with E-state index in [-0.39, 0.29) is 0 Å². The van der Waals surface area contributed by atoms with Crippen molar-refractivity contribution >= 4 is 16.9 Å². The van der Waals surface area contributed by atoms with Crippen LogP contribution in [-0.2, 0) is 4.74 Å². The Kier molecular flexibility index (Phi) is 4.75. The Morgan fingerprint density at radius 3 is 2.79 bits per heavy atom. The highest BCUT2D eigenvalue weighted by atomic mass is 32.2. The molecule has 82 valence electrons. The third-order valence-corrected chi connectivity index (χ3v) is 3.29. The molecule has 14 heavy (non-hydrogen) atoms. The van der Waals surface area contributed by atoms with E-state index in [1.165, 1.54) is 0 Å². The number of rotatable bonds is 4. The van der Waals surface area contributed by atoms with Gasteiger partial charge in [0.1, 0.15) is 0 Å². The minimum atomic E-state index is 0.372. The lowest BCUT2D eigenvalue weighted by Crippen LogP contribution is -2.40. The number of ether oxygens (including phenoxy) is 1. The molecule has 3 nitrogen and oxygen atoms in total. The molecular formula is C10H20N2OS. The summed E-state index contributed by atoms with van der Waals surface area (Å²) in [5.41, 5.74) is 0. The molecule has 0 bridgehead atoms. The first-order valence-corrected chi connectivity index (χ1v) is 5.98. The number of amidine groups is 1. The predicted molar refractivity (Wildman–Crippen MR) is 63.0 cm³/mol. The molecule has 0 aromatic carbocycles. The van der Waals surface area contributed by atoms with Crippen molar-refractivity contribution in [1.82, 2.24) is 5.32 Å². The largest absolute Gasteiger partial charge is 0.383 e. The highest BCUT2D eigenvalue weighted by molar-refractivity contribution is 8.14. The fraction of sp³-hybridized carbons (Fsp3) is 0.900. The predicted octanol–water partition coefficient (Wildman–Crippen LogP) is 1.74. The van der Waals surface area contributed by atoms with Crippen LogP contribution < -0.4 is 5.32 Å². The summed E-state index contributed by atoms with van der Waals surface area (Å²) < 4.78 is 5.18. The summed E-state index contributed by atoms with van der Waals surface area (Å²) in [6.07, 6.45) is 0. The van der Waals surface area contributed by atoms with Crippen molar-refractivity contribution in [3.05, 3.63) is 0 Å². The Labute approximate surface area is 90.7 Å². The van der Waals surface area contributed by atoms with Crippen molar-refractivity contribution in [3.63, 3.8) is 0 Å². The van der Waals surface area contributed by atoms with Gasteiger partial charge in [0, 0.05) is 12.4 Å². The molecule has 0 fully saturated rings. The lowest BCUT2D eigenvalue weighted by Gasteiger charge is -2.22. The molecule has 1 aliphatic rings. The molecule has 2 unspecified atom stereocenters. The standard InChI is InChI=1S/C10H20N2OS/c1-7(2)9(6-13-4)12-10-11-5-8(3)14-10/h7-9H,5-6H2,1-4H3,(H,11,12).